The average Bonchev–Trinajstić information content (AvgIpc) is 2.54. The lowest BCUT2D eigenvalue weighted by Crippen LogP contribution is -2.30. The predicted molar refractivity (Wildman–Crippen MR) is 87.3 cm³/mol. The second kappa shape index (κ2) is 10.2. The number of carbonyl (C=O) groups excluding carboxylic acids is 1. The van der Waals surface area contributed by atoms with Crippen molar-refractivity contribution >= 4 is 11.7 Å². The van der Waals surface area contributed by atoms with E-state index in [1.54, 1.807) is 36.1 Å². The van der Waals surface area contributed by atoms with Gasteiger partial charge in [-0.05, 0) is 31.0 Å². The number of aliphatic hydroxyl groups excluding tert-OH is 2. The van der Waals surface area contributed by atoms with Crippen LogP contribution < -0.4 is 4.90 Å². The van der Waals surface area contributed by atoms with Gasteiger partial charge in [-0.15, -0.1) is 0 Å². The number of esters is 1. The lowest BCUT2D eigenvalue weighted by Gasteiger charge is -2.24. The summed E-state index contributed by atoms with van der Waals surface area (Å²) in [5.41, 5.74) is 1.14. The SMILES string of the molecule is CCOC(=O)CC(Cc1ccc(N(CCO)CCO)cc1)C(F)(F)F. The Balaban J connectivity index is 2.82. The Hall–Kier alpha value is -1.80. The molecule has 2 N–H and O–H groups in total. The number of aliphatic hydroxyl groups is 2. The molecule has 0 aliphatic carbocycles. The number of alkyl halides is 3. The van der Waals surface area contributed by atoms with Gasteiger partial charge in [-0.1, -0.05) is 12.1 Å². The van der Waals surface area contributed by atoms with E-state index in [9.17, 15) is 18.0 Å². The third kappa shape index (κ3) is 7.31. The molecule has 0 amide bonds. The quantitative estimate of drug-likeness (QED) is 0.624. The minimum absolute atomic E-state index is 0.0453. The fourth-order valence-electron chi connectivity index (χ4n) is 2.46. The zero-order valence-electron chi connectivity index (χ0n) is 14.1. The number of nitrogens with zero attached hydrogens (tertiary/aromatic N) is 1. The van der Waals surface area contributed by atoms with Crippen LogP contribution in [0.5, 0.6) is 0 Å². The number of rotatable bonds is 10. The smallest absolute Gasteiger partial charge is 0.392 e. The van der Waals surface area contributed by atoms with Crippen LogP contribution in [-0.4, -0.2) is 55.3 Å². The van der Waals surface area contributed by atoms with E-state index in [1.165, 1.54) is 0 Å². The first-order valence-corrected chi connectivity index (χ1v) is 8.09. The lowest BCUT2D eigenvalue weighted by molar-refractivity contribution is -0.184. The van der Waals surface area contributed by atoms with Gasteiger partial charge in [-0.3, -0.25) is 4.79 Å². The van der Waals surface area contributed by atoms with Crippen molar-refractivity contribution in [2.24, 2.45) is 5.92 Å². The average molecular weight is 363 g/mol. The van der Waals surface area contributed by atoms with E-state index < -0.39 is 24.5 Å². The highest BCUT2D eigenvalue weighted by Crippen LogP contribution is 2.32. The molecule has 1 unspecified atom stereocenters. The molecular weight excluding hydrogens is 339 g/mol. The third-order valence-electron chi connectivity index (χ3n) is 3.70. The summed E-state index contributed by atoms with van der Waals surface area (Å²) in [6.07, 6.45) is -5.52. The number of carbonyl (C=O) groups is 1. The molecule has 25 heavy (non-hydrogen) atoms. The molecule has 0 fully saturated rings. The van der Waals surface area contributed by atoms with E-state index in [0.29, 0.717) is 24.3 Å². The topological polar surface area (TPSA) is 70.0 Å². The Morgan fingerprint density at radius 1 is 1.16 bits per heavy atom. The molecule has 1 aromatic carbocycles. The molecule has 0 saturated carbocycles. The third-order valence-corrected chi connectivity index (χ3v) is 3.70. The maximum Gasteiger partial charge on any atom is 0.392 e. The van der Waals surface area contributed by atoms with E-state index in [-0.39, 0.29) is 26.2 Å². The Bertz CT molecular complexity index is 514. The van der Waals surface area contributed by atoms with Crippen molar-refractivity contribution in [3.05, 3.63) is 29.8 Å². The second-order valence-electron chi connectivity index (χ2n) is 5.55. The van der Waals surface area contributed by atoms with Gasteiger partial charge in [-0.2, -0.15) is 13.2 Å². The maximum atomic E-state index is 13.1. The van der Waals surface area contributed by atoms with E-state index in [4.69, 9.17) is 10.2 Å². The van der Waals surface area contributed by atoms with Crippen LogP contribution in [0.25, 0.3) is 0 Å². The Labute approximate surface area is 145 Å². The standard InChI is InChI=1S/C17H24F3NO4/c1-2-25-16(24)12-14(17(18,19)20)11-13-3-5-15(6-4-13)21(7-9-22)8-10-23/h3-6,14,22-23H,2,7-12H2,1H3. The van der Waals surface area contributed by atoms with E-state index >= 15 is 0 Å². The van der Waals surface area contributed by atoms with Gasteiger partial charge in [0.2, 0.25) is 0 Å². The van der Waals surface area contributed by atoms with Crippen LogP contribution in [0.15, 0.2) is 24.3 Å². The Kier molecular flexibility index (Phi) is 8.71. The molecule has 0 spiro atoms. The van der Waals surface area contributed by atoms with Gasteiger partial charge in [-0.25, -0.2) is 0 Å². The summed E-state index contributed by atoms with van der Waals surface area (Å²) in [7, 11) is 0. The summed E-state index contributed by atoms with van der Waals surface area (Å²) in [5, 5.41) is 18.0. The van der Waals surface area contributed by atoms with Crippen molar-refractivity contribution in [2.75, 3.05) is 37.8 Å². The van der Waals surface area contributed by atoms with Crippen molar-refractivity contribution in [3.8, 4) is 0 Å². The van der Waals surface area contributed by atoms with Crippen molar-refractivity contribution in [1.82, 2.24) is 0 Å². The fourth-order valence-corrected chi connectivity index (χ4v) is 2.46. The molecule has 142 valence electrons. The minimum atomic E-state index is -4.49. The largest absolute Gasteiger partial charge is 0.466 e. The molecule has 0 radical (unpaired) electrons. The van der Waals surface area contributed by atoms with Crippen LogP contribution in [0, 0.1) is 5.92 Å². The monoisotopic (exact) mass is 363 g/mol. The first-order valence-electron chi connectivity index (χ1n) is 8.09. The molecule has 1 rings (SSSR count). The first kappa shape index (κ1) is 21.2. The number of benzene rings is 1. The number of hydrogen-bond donors (Lipinski definition) is 2. The van der Waals surface area contributed by atoms with E-state index in [1.807, 2.05) is 0 Å². The molecule has 1 atom stereocenters. The lowest BCUT2D eigenvalue weighted by atomic mass is 9.95. The molecule has 1 aromatic rings. The predicted octanol–water partition coefficient (Wildman–Crippen LogP) is 2.15. The number of halogens is 3. The van der Waals surface area contributed by atoms with Crippen LogP contribution in [0.1, 0.15) is 18.9 Å². The van der Waals surface area contributed by atoms with Gasteiger partial charge < -0.3 is 19.8 Å². The highest BCUT2D eigenvalue weighted by molar-refractivity contribution is 5.69. The molecule has 0 aliphatic heterocycles. The Morgan fingerprint density at radius 2 is 1.72 bits per heavy atom. The summed E-state index contributed by atoms with van der Waals surface area (Å²) in [4.78, 5) is 13.1. The highest BCUT2D eigenvalue weighted by atomic mass is 19.4. The zero-order chi connectivity index (χ0) is 18.9. The van der Waals surface area contributed by atoms with E-state index in [2.05, 4.69) is 4.74 Å². The number of anilines is 1. The Morgan fingerprint density at radius 3 is 2.16 bits per heavy atom. The molecular formula is C17H24F3NO4. The van der Waals surface area contributed by atoms with Crippen LogP contribution in [0.2, 0.25) is 0 Å². The fraction of sp³-hybridized carbons (Fsp3) is 0.588. The van der Waals surface area contributed by atoms with Gasteiger partial charge in [0.25, 0.3) is 0 Å². The summed E-state index contributed by atoms with van der Waals surface area (Å²) in [5.74, 6) is -2.66. The minimum Gasteiger partial charge on any atom is -0.466 e. The summed E-state index contributed by atoms with van der Waals surface area (Å²) in [6.45, 7) is 2.02. The van der Waals surface area contributed by atoms with Crippen molar-refractivity contribution < 1.29 is 32.9 Å². The van der Waals surface area contributed by atoms with Crippen LogP contribution in [-0.2, 0) is 16.0 Å². The normalized spacial score (nSPS) is 12.7. The van der Waals surface area contributed by atoms with Crippen molar-refractivity contribution in [2.45, 2.75) is 25.9 Å². The van der Waals surface area contributed by atoms with Crippen LogP contribution >= 0.6 is 0 Å². The number of hydrogen-bond acceptors (Lipinski definition) is 5. The van der Waals surface area contributed by atoms with Gasteiger partial charge >= 0.3 is 12.1 Å². The summed E-state index contributed by atoms with van der Waals surface area (Å²) in [6, 6.07) is 6.39. The highest BCUT2D eigenvalue weighted by Gasteiger charge is 2.41. The van der Waals surface area contributed by atoms with Gasteiger partial charge in [0.05, 0.1) is 32.2 Å². The maximum absolute atomic E-state index is 13.1. The first-order chi connectivity index (χ1) is 11.8. The molecule has 5 nitrogen and oxygen atoms in total. The van der Waals surface area contributed by atoms with Crippen molar-refractivity contribution in [1.29, 1.82) is 0 Å². The summed E-state index contributed by atoms with van der Waals surface area (Å²) < 4.78 is 44.0. The second-order valence-corrected chi connectivity index (χ2v) is 5.55. The van der Waals surface area contributed by atoms with Crippen LogP contribution in [0.3, 0.4) is 0 Å². The summed E-state index contributed by atoms with van der Waals surface area (Å²) >= 11 is 0. The van der Waals surface area contributed by atoms with Gasteiger partial charge in [0.1, 0.15) is 0 Å². The molecule has 0 heterocycles. The van der Waals surface area contributed by atoms with Crippen LogP contribution in [0.4, 0.5) is 18.9 Å². The zero-order valence-corrected chi connectivity index (χ0v) is 14.1. The van der Waals surface area contributed by atoms with Gasteiger partial charge in [0, 0.05) is 18.8 Å². The van der Waals surface area contributed by atoms with E-state index in [0.717, 1.165) is 0 Å². The molecule has 0 aliphatic rings. The van der Waals surface area contributed by atoms with Gasteiger partial charge in [0.15, 0.2) is 0 Å². The molecule has 0 aromatic heterocycles. The molecule has 8 heteroatoms. The molecule has 0 saturated heterocycles. The number of ether oxygens (including phenoxy) is 1. The van der Waals surface area contributed by atoms with Crippen molar-refractivity contribution in [3.63, 3.8) is 0 Å². The molecule has 0 bridgehead atoms.